The van der Waals surface area contributed by atoms with Crippen LogP contribution in [0.25, 0.3) is 0 Å². The van der Waals surface area contributed by atoms with E-state index in [9.17, 15) is 4.79 Å². The van der Waals surface area contributed by atoms with Gasteiger partial charge < -0.3 is 9.64 Å². The minimum Gasteiger partial charge on any atom is -0.465 e. The first-order valence-electron chi connectivity index (χ1n) is 6.48. The Morgan fingerprint density at radius 2 is 1.94 bits per heavy atom. The highest BCUT2D eigenvalue weighted by Gasteiger charge is 2.38. The molecule has 0 aromatic heterocycles. The number of nitrogens with zero attached hydrogens (tertiary/aromatic N) is 2. The molecule has 0 aromatic rings. The topological polar surface area (TPSA) is 32.8 Å². The van der Waals surface area contributed by atoms with Crippen LogP contribution in [-0.2, 0) is 9.53 Å². The highest BCUT2D eigenvalue weighted by atomic mass is 16.5. The average Bonchev–Trinajstić information content (AvgIpc) is 2.29. The highest BCUT2D eigenvalue weighted by molar-refractivity contribution is 5.79. The van der Waals surface area contributed by atoms with Gasteiger partial charge in [0.1, 0.15) is 5.54 Å². The molecular weight excluding hydrogens is 216 g/mol. The number of piperidine rings is 1. The zero-order valence-corrected chi connectivity index (χ0v) is 11.8. The van der Waals surface area contributed by atoms with Crippen molar-refractivity contribution in [1.82, 2.24) is 9.80 Å². The monoisotopic (exact) mass is 242 g/mol. The lowest BCUT2D eigenvalue weighted by Crippen LogP contribution is -2.55. The summed E-state index contributed by atoms with van der Waals surface area (Å²) < 4.78 is 5.15. The van der Waals surface area contributed by atoms with Crippen molar-refractivity contribution in [2.24, 2.45) is 0 Å². The van der Waals surface area contributed by atoms with Crippen LogP contribution in [0.4, 0.5) is 0 Å². The number of rotatable bonds is 4. The molecule has 0 bridgehead atoms. The summed E-state index contributed by atoms with van der Waals surface area (Å²) >= 11 is 0. The number of carbonyl (C=O) groups is 1. The summed E-state index contributed by atoms with van der Waals surface area (Å²) in [5, 5.41) is 0. The predicted molar refractivity (Wildman–Crippen MR) is 69.0 cm³/mol. The van der Waals surface area contributed by atoms with Crippen molar-refractivity contribution in [3.8, 4) is 0 Å². The van der Waals surface area contributed by atoms with Crippen molar-refractivity contribution in [2.75, 3.05) is 33.8 Å². The molecule has 1 fully saturated rings. The van der Waals surface area contributed by atoms with Crippen LogP contribution in [0.2, 0.25) is 0 Å². The van der Waals surface area contributed by atoms with E-state index in [0.717, 1.165) is 25.9 Å². The zero-order valence-electron chi connectivity index (χ0n) is 11.8. The average molecular weight is 242 g/mol. The van der Waals surface area contributed by atoms with Gasteiger partial charge in [-0.15, -0.1) is 0 Å². The van der Waals surface area contributed by atoms with Crippen molar-refractivity contribution in [3.05, 3.63) is 0 Å². The van der Waals surface area contributed by atoms with Crippen molar-refractivity contribution in [1.29, 1.82) is 0 Å². The van der Waals surface area contributed by atoms with Crippen LogP contribution in [0.15, 0.2) is 0 Å². The number of esters is 1. The Morgan fingerprint density at radius 1 is 1.41 bits per heavy atom. The summed E-state index contributed by atoms with van der Waals surface area (Å²) in [5.41, 5.74) is -0.531. The number of ether oxygens (including phenoxy) is 1. The van der Waals surface area contributed by atoms with Crippen LogP contribution in [0.3, 0.4) is 0 Å². The molecule has 0 aliphatic carbocycles. The lowest BCUT2D eigenvalue weighted by Gasteiger charge is -2.42. The van der Waals surface area contributed by atoms with Gasteiger partial charge in [-0.3, -0.25) is 9.69 Å². The van der Waals surface area contributed by atoms with Gasteiger partial charge in [0.25, 0.3) is 0 Å². The van der Waals surface area contributed by atoms with E-state index in [1.165, 1.54) is 0 Å². The standard InChI is InChI=1S/C13H26N2O2/c1-6-17-12(16)13(2,3)15(5)11-7-9-14(4)10-8-11/h11H,6-10H2,1-5H3. The van der Waals surface area contributed by atoms with Crippen molar-refractivity contribution in [2.45, 2.75) is 45.2 Å². The van der Waals surface area contributed by atoms with Gasteiger partial charge in [-0.25, -0.2) is 0 Å². The van der Waals surface area contributed by atoms with E-state index in [1.54, 1.807) is 0 Å². The van der Waals surface area contributed by atoms with Gasteiger partial charge in [0, 0.05) is 6.04 Å². The van der Waals surface area contributed by atoms with E-state index in [4.69, 9.17) is 4.74 Å². The molecule has 0 saturated carbocycles. The SMILES string of the molecule is CCOC(=O)C(C)(C)N(C)C1CCN(C)CC1. The normalized spacial score (nSPS) is 19.6. The second-order valence-corrected chi connectivity index (χ2v) is 5.42. The lowest BCUT2D eigenvalue weighted by atomic mass is 9.96. The maximum absolute atomic E-state index is 11.9. The van der Waals surface area contributed by atoms with E-state index >= 15 is 0 Å². The Kier molecular flexibility index (Phi) is 4.95. The Balaban J connectivity index is 2.61. The second-order valence-electron chi connectivity index (χ2n) is 5.42. The third-order valence-electron chi connectivity index (χ3n) is 3.89. The van der Waals surface area contributed by atoms with Crippen molar-refractivity contribution in [3.63, 3.8) is 0 Å². The number of carbonyl (C=O) groups excluding carboxylic acids is 1. The van der Waals surface area contributed by atoms with E-state index in [1.807, 2.05) is 27.8 Å². The fourth-order valence-corrected chi connectivity index (χ4v) is 2.29. The van der Waals surface area contributed by atoms with Crippen LogP contribution >= 0.6 is 0 Å². The minimum absolute atomic E-state index is 0.124. The zero-order chi connectivity index (χ0) is 13.1. The first-order valence-corrected chi connectivity index (χ1v) is 6.48. The van der Waals surface area contributed by atoms with Crippen LogP contribution in [-0.4, -0.2) is 61.1 Å². The summed E-state index contributed by atoms with van der Waals surface area (Å²) in [6.07, 6.45) is 2.24. The van der Waals surface area contributed by atoms with Gasteiger partial charge in [0.05, 0.1) is 6.61 Å². The van der Waals surface area contributed by atoms with Crippen molar-refractivity contribution >= 4 is 5.97 Å². The Morgan fingerprint density at radius 3 is 2.41 bits per heavy atom. The molecule has 1 rings (SSSR count). The second kappa shape index (κ2) is 5.83. The number of hydrogen-bond donors (Lipinski definition) is 0. The third kappa shape index (κ3) is 3.42. The maximum Gasteiger partial charge on any atom is 0.325 e. The van der Waals surface area contributed by atoms with Gasteiger partial charge in [0.2, 0.25) is 0 Å². The molecule has 0 radical (unpaired) electrons. The number of hydrogen-bond acceptors (Lipinski definition) is 4. The van der Waals surface area contributed by atoms with Gasteiger partial charge >= 0.3 is 5.97 Å². The first kappa shape index (κ1) is 14.5. The summed E-state index contributed by atoms with van der Waals surface area (Å²) in [6.45, 7) is 8.40. The molecule has 1 aliphatic heterocycles. The van der Waals surface area contributed by atoms with E-state index in [-0.39, 0.29) is 5.97 Å². The predicted octanol–water partition coefficient (Wildman–Crippen LogP) is 1.35. The quantitative estimate of drug-likeness (QED) is 0.697. The number of likely N-dealkylation sites (tertiary alicyclic amines) is 1. The number of likely N-dealkylation sites (N-methyl/N-ethyl adjacent to an activating group) is 1. The van der Waals surface area contributed by atoms with Gasteiger partial charge in [-0.05, 0) is 60.8 Å². The molecule has 4 nitrogen and oxygen atoms in total. The van der Waals surface area contributed by atoms with Crippen molar-refractivity contribution < 1.29 is 9.53 Å². The Labute approximate surface area is 105 Å². The molecule has 0 atom stereocenters. The van der Waals surface area contributed by atoms with Crippen LogP contribution < -0.4 is 0 Å². The smallest absolute Gasteiger partial charge is 0.325 e. The third-order valence-corrected chi connectivity index (χ3v) is 3.89. The summed E-state index contributed by atoms with van der Waals surface area (Å²) in [6, 6.07) is 0.477. The Bertz CT molecular complexity index is 258. The fraction of sp³-hybridized carbons (Fsp3) is 0.923. The van der Waals surface area contributed by atoms with Gasteiger partial charge in [-0.2, -0.15) is 0 Å². The maximum atomic E-state index is 11.9. The molecule has 4 heteroatoms. The molecule has 0 unspecified atom stereocenters. The van der Waals surface area contributed by atoms with E-state index in [0.29, 0.717) is 12.6 Å². The minimum atomic E-state index is -0.531. The van der Waals surface area contributed by atoms with Gasteiger partial charge in [-0.1, -0.05) is 0 Å². The largest absolute Gasteiger partial charge is 0.465 e. The molecule has 0 N–H and O–H groups in total. The summed E-state index contributed by atoms with van der Waals surface area (Å²) in [5.74, 6) is -0.124. The molecule has 1 heterocycles. The van der Waals surface area contributed by atoms with E-state index in [2.05, 4.69) is 16.8 Å². The molecule has 0 spiro atoms. The summed E-state index contributed by atoms with van der Waals surface area (Å²) in [4.78, 5) is 16.5. The lowest BCUT2D eigenvalue weighted by molar-refractivity contribution is -0.157. The van der Waals surface area contributed by atoms with Gasteiger partial charge in [0.15, 0.2) is 0 Å². The summed E-state index contributed by atoms with van der Waals surface area (Å²) in [7, 11) is 4.18. The highest BCUT2D eigenvalue weighted by Crippen LogP contribution is 2.23. The van der Waals surface area contributed by atoms with E-state index < -0.39 is 5.54 Å². The molecular formula is C13H26N2O2. The first-order chi connectivity index (χ1) is 7.89. The molecule has 1 aliphatic rings. The molecule has 0 aromatic carbocycles. The molecule has 0 amide bonds. The Hall–Kier alpha value is -0.610. The molecule has 100 valence electrons. The molecule has 17 heavy (non-hydrogen) atoms. The van der Waals surface area contributed by atoms with Crippen LogP contribution in [0.1, 0.15) is 33.6 Å². The van der Waals surface area contributed by atoms with Crippen LogP contribution in [0, 0.1) is 0 Å². The van der Waals surface area contributed by atoms with Crippen LogP contribution in [0.5, 0.6) is 0 Å². The molecule has 1 saturated heterocycles. The fourth-order valence-electron chi connectivity index (χ4n) is 2.29.